The Morgan fingerprint density at radius 2 is 1.21 bits per heavy atom. The third-order valence-corrected chi connectivity index (χ3v) is 5.55. The maximum atomic E-state index is 13.0. The third kappa shape index (κ3) is 6.36. The highest BCUT2D eigenvalue weighted by Gasteiger charge is 2.39. The van der Waals surface area contributed by atoms with Crippen molar-refractivity contribution in [3.8, 4) is 0 Å². The van der Waals surface area contributed by atoms with E-state index in [1.807, 2.05) is 72.8 Å². The molecule has 0 aliphatic heterocycles. The van der Waals surface area contributed by atoms with Crippen molar-refractivity contribution in [2.75, 3.05) is 24.7 Å². The average molecular weight is 466 g/mol. The molecule has 33 heavy (non-hydrogen) atoms. The first-order valence-corrected chi connectivity index (χ1v) is 11.4. The van der Waals surface area contributed by atoms with Gasteiger partial charge in [0.05, 0.1) is 13.2 Å². The van der Waals surface area contributed by atoms with Gasteiger partial charge in [-0.1, -0.05) is 60.1 Å². The van der Waals surface area contributed by atoms with E-state index in [2.05, 4.69) is 4.90 Å². The van der Waals surface area contributed by atoms with Gasteiger partial charge in [0.2, 0.25) is 0 Å². The number of para-hydroxylation sites is 2. The molecular weight excluding hydrogens is 438 g/mol. The van der Waals surface area contributed by atoms with E-state index in [1.165, 1.54) is 0 Å². The molecule has 3 aromatic rings. The first-order chi connectivity index (χ1) is 16.0. The zero-order chi connectivity index (χ0) is 23.6. The van der Waals surface area contributed by atoms with E-state index in [-0.39, 0.29) is 13.2 Å². The second kappa shape index (κ2) is 12.1. The molecule has 0 saturated heterocycles. The van der Waals surface area contributed by atoms with Gasteiger partial charge < -0.3 is 14.4 Å². The van der Waals surface area contributed by atoms with Crippen LogP contribution in [0.4, 0.5) is 11.4 Å². The number of nitrogens with zero attached hydrogens (tertiary/aromatic N) is 1. The van der Waals surface area contributed by atoms with Gasteiger partial charge in [-0.05, 0) is 55.8 Å². The van der Waals surface area contributed by atoms with Crippen LogP contribution in [0.2, 0.25) is 5.02 Å². The van der Waals surface area contributed by atoms with Gasteiger partial charge in [0.15, 0.2) is 5.92 Å². The fourth-order valence-electron chi connectivity index (χ4n) is 3.77. The highest BCUT2D eigenvalue weighted by molar-refractivity contribution is 6.30. The van der Waals surface area contributed by atoms with Crippen LogP contribution < -0.4 is 4.90 Å². The maximum absolute atomic E-state index is 13.0. The number of ether oxygens (including phenoxy) is 2. The first kappa shape index (κ1) is 24.3. The molecule has 0 heterocycles. The van der Waals surface area contributed by atoms with E-state index in [9.17, 15) is 9.59 Å². The zero-order valence-electron chi connectivity index (χ0n) is 18.8. The van der Waals surface area contributed by atoms with Gasteiger partial charge in [0, 0.05) is 28.9 Å². The van der Waals surface area contributed by atoms with Crippen molar-refractivity contribution in [1.82, 2.24) is 0 Å². The van der Waals surface area contributed by atoms with Crippen molar-refractivity contribution >= 4 is 34.9 Å². The Kier molecular flexibility index (Phi) is 8.90. The summed E-state index contributed by atoms with van der Waals surface area (Å²) in [5.41, 5.74) is 2.67. The lowest BCUT2D eigenvalue weighted by Crippen LogP contribution is -2.38. The lowest BCUT2D eigenvalue weighted by Gasteiger charge is -2.32. The van der Waals surface area contributed by atoms with Crippen LogP contribution in [-0.4, -0.2) is 31.7 Å². The fraction of sp³-hybridized carbons (Fsp3) is 0.259. The molecule has 0 fully saturated rings. The summed E-state index contributed by atoms with van der Waals surface area (Å²) in [5.74, 6) is -2.87. The molecule has 0 spiro atoms. The molecule has 0 amide bonds. The van der Waals surface area contributed by atoms with Gasteiger partial charge in [-0.25, -0.2) is 0 Å². The monoisotopic (exact) mass is 465 g/mol. The molecule has 0 aliphatic carbocycles. The molecule has 0 aromatic heterocycles. The van der Waals surface area contributed by atoms with Crippen LogP contribution in [0.1, 0.15) is 25.3 Å². The lowest BCUT2D eigenvalue weighted by molar-refractivity contribution is -0.162. The predicted molar refractivity (Wildman–Crippen MR) is 131 cm³/mol. The normalized spacial score (nSPS) is 11.6. The molecule has 0 radical (unpaired) electrons. The Bertz CT molecular complexity index is 968. The van der Waals surface area contributed by atoms with E-state index in [0.717, 1.165) is 16.9 Å². The van der Waals surface area contributed by atoms with Crippen molar-refractivity contribution < 1.29 is 19.1 Å². The second-order valence-corrected chi connectivity index (χ2v) is 7.86. The molecule has 6 heteroatoms. The summed E-state index contributed by atoms with van der Waals surface area (Å²) in [6.07, 6.45) is 0. The number of esters is 2. The van der Waals surface area contributed by atoms with Crippen LogP contribution in [0.3, 0.4) is 0 Å². The average Bonchev–Trinajstić information content (AvgIpc) is 2.83. The Labute approximate surface area is 199 Å². The van der Waals surface area contributed by atoms with Crippen molar-refractivity contribution in [3.05, 3.63) is 95.5 Å². The second-order valence-electron chi connectivity index (χ2n) is 7.42. The van der Waals surface area contributed by atoms with Crippen LogP contribution in [-0.2, 0) is 19.1 Å². The van der Waals surface area contributed by atoms with E-state index in [1.54, 1.807) is 26.0 Å². The summed E-state index contributed by atoms with van der Waals surface area (Å²) in [7, 11) is 0. The first-order valence-electron chi connectivity index (χ1n) is 11.0. The number of hydrogen-bond donors (Lipinski definition) is 0. The molecule has 3 aromatic carbocycles. The number of hydrogen-bond acceptors (Lipinski definition) is 5. The molecule has 1 atom stereocenters. The summed E-state index contributed by atoms with van der Waals surface area (Å²) >= 11 is 6.12. The summed E-state index contributed by atoms with van der Waals surface area (Å²) in [6.45, 7) is 4.12. The van der Waals surface area contributed by atoms with Gasteiger partial charge >= 0.3 is 11.9 Å². The number of halogens is 1. The van der Waals surface area contributed by atoms with Gasteiger partial charge in [-0.15, -0.1) is 0 Å². The SMILES string of the molecule is CCOC(=O)C(C(=O)OCC)[C@H](CN(c1ccccc1)c1ccccc1)c1ccc(Cl)cc1. The van der Waals surface area contributed by atoms with Crippen molar-refractivity contribution in [2.24, 2.45) is 5.92 Å². The molecule has 0 aliphatic rings. The molecule has 0 N–H and O–H groups in total. The van der Waals surface area contributed by atoms with Gasteiger partial charge in [-0.2, -0.15) is 0 Å². The minimum atomic E-state index is -1.12. The lowest BCUT2D eigenvalue weighted by atomic mass is 9.85. The van der Waals surface area contributed by atoms with E-state index in [4.69, 9.17) is 21.1 Å². The Morgan fingerprint density at radius 3 is 1.64 bits per heavy atom. The summed E-state index contributed by atoms with van der Waals surface area (Å²) in [4.78, 5) is 28.1. The minimum Gasteiger partial charge on any atom is -0.465 e. The van der Waals surface area contributed by atoms with Crippen molar-refractivity contribution in [2.45, 2.75) is 19.8 Å². The summed E-state index contributed by atoms with van der Waals surface area (Å²) < 4.78 is 10.6. The minimum absolute atomic E-state index is 0.170. The van der Waals surface area contributed by atoms with Crippen LogP contribution in [0.5, 0.6) is 0 Å². The zero-order valence-corrected chi connectivity index (χ0v) is 19.6. The molecule has 0 bridgehead atoms. The molecule has 3 rings (SSSR count). The van der Waals surface area contributed by atoms with E-state index >= 15 is 0 Å². The van der Waals surface area contributed by atoms with Crippen LogP contribution in [0.25, 0.3) is 0 Å². The number of rotatable bonds is 10. The van der Waals surface area contributed by atoms with Gasteiger partial charge in [-0.3, -0.25) is 9.59 Å². The number of carbonyl (C=O) groups excluding carboxylic acids is 2. The molecule has 0 unspecified atom stereocenters. The van der Waals surface area contributed by atoms with Gasteiger partial charge in [0.1, 0.15) is 0 Å². The largest absolute Gasteiger partial charge is 0.465 e. The Balaban J connectivity index is 2.11. The quantitative estimate of drug-likeness (QED) is 0.271. The van der Waals surface area contributed by atoms with E-state index in [0.29, 0.717) is 11.6 Å². The predicted octanol–water partition coefficient (Wildman–Crippen LogP) is 6.00. The Hall–Kier alpha value is -3.31. The fourth-order valence-corrected chi connectivity index (χ4v) is 3.90. The molecule has 0 saturated carbocycles. The van der Waals surface area contributed by atoms with Crippen LogP contribution in [0.15, 0.2) is 84.9 Å². The molecular formula is C27H28ClNO4. The van der Waals surface area contributed by atoms with Crippen molar-refractivity contribution in [1.29, 1.82) is 0 Å². The third-order valence-electron chi connectivity index (χ3n) is 5.30. The standard InChI is InChI=1S/C27H28ClNO4/c1-3-32-26(30)25(27(31)33-4-2)24(20-15-17-21(28)18-16-20)19-29(22-11-7-5-8-12-22)23-13-9-6-10-14-23/h5-18,24-25H,3-4,19H2,1-2H3/t24-/m1/s1. The summed E-state index contributed by atoms with van der Waals surface area (Å²) in [6, 6.07) is 26.9. The van der Waals surface area contributed by atoms with Crippen LogP contribution >= 0.6 is 11.6 Å². The summed E-state index contributed by atoms with van der Waals surface area (Å²) in [5, 5.41) is 0.573. The van der Waals surface area contributed by atoms with E-state index < -0.39 is 23.8 Å². The topological polar surface area (TPSA) is 55.8 Å². The number of benzene rings is 3. The maximum Gasteiger partial charge on any atom is 0.321 e. The highest BCUT2D eigenvalue weighted by Crippen LogP contribution is 2.34. The van der Waals surface area contributed by atoms with Crippen molar-refractivity contribution in [3.63, 3.8) is 0 Å². The van der Waals surface area contributed by atoms with Gasteiger partial charge in [0.25, 0.3) is 0 Å². The number of carbonyl (C=O) groups is 2. The highest BCUT2D eigenvalue weighted by atomic mass is 35.5. The molecule has 172 valence electrons. The smallest absolute Gasteiger partial charge is 0.321 e. The molecule has 5 nitrogen and oxygen atoms in total. The Morgan fingerprint density at radius 1 is 0.758 bits per heavy atom. The number of anilines is 2. The van der Waals surface area contributed by atoms with Crippen LogP contribution in [0, 0.1) is 5.92 Å².